The van der Waals surface area contributed by atoms with Crippen LogP contribution in [0, 0.1) is 11.8 Å². The Morgan fingerprint density at radius 2 is 2.12 bits per heavy atom. The van der Waals surface area contributed by atoms with E-state index >= 15 is 0 Å². The van der Waals surface area contributed by atoms with Crippen LogP contribution in [0.3, 0.4) is 0 Å². The topological polar surface area (TPSA) is 37.0 Å². The van der Waals surface area contributed by atoms with Crippen molar-refractivity contribution in [2.45, 2.75) is 38.6 Å². The minimum Gasteiger partial charge on any atom is -0.384 e. The molecular weight excluding hydrogens is 210 g/mol. The summed E-state index contributed by atoms with van der Waals surface area (Å²) in [5, 5.41) is 6.97. The van der Waals surface area contributed by atoms with Gasteiger partial charge in [-0.25, -0.2) is 0 Å². The number of rotatable bonds is 4. The fourth-order valence-corrected chi connectivity index (χ4v) is 3.46. The van der Waals surface area contributed by atoms with Crippen LogP contribution in [-0.2, 0) is 0 Å². The standard InChI is InChI=1S/C14H21N3/c1-2-16-12-7-13(9-15-8-12)17-14-6-10-3-4-11(14)5-10/h7-11,14,16-17H,2-6H2,1H3. The van der Waals surface area contributed by atoms with Crippen LogP contribution in [0.15, 0.2) is 18.5 Å². The van der Waals surface area contributed by atoms with Gasteiger partial charge in [0.05, 0.1) is 23.8 Å². The second-order valence-corrected chi connectivity index (χ2v) is 5.42. The number of hydrogen-bond acceptors (Lipinski definition) is 3. The summed E-state index contributed by atoms with van der Waals surface area (Å²) in [6.45, 7) is 3.05. The average Bonchev–Trinajstić information content (AvgIpc) is 2.92. The van der Waals surface area contributed by atoms with Crippen molar-refractivity contribution in [1.82, 2.24) is 4.98 Å². The van der Waals surface area contributed by atoms with Gasteiger partial charge in [0, 0.05) is 12.6 Å². The molecule has 2 bridgehead atoms. The van der Waals surface area contributed by atoms with Crippen LogP contribution in [0.4, 0.5) is 11.4 Å². The molecule has 3 rings (SSSR count). The fourth-order valence-electron chi connectivity index (χ4n) is 3.46. The van der Waals surface area contributed by atoms with Gasteiger partial charge in [-0.3, -0.25) is 4.98 Å². The fraction of sp³-hybridized carbons (Fsp3) is 0.643. The predicted molar refractivity (Wildman–Crippen MR) is 71.3 cm³/mol. The van der Waals surface area contributed by atoms with Gasteiger partial charge >= 0.3 is 0 Å². The molecule has 92 valence electrons. The van der Waals surface area contributed by atoms with Crippen molar-refractivity contribution in [3.63, 3.8) is 0 Å². The zero-order valence-electron chi connectivity index (χ0n) is 10.4. The van der Waals surface area contributed by atoms with Crippen LogP contribution >= 0.6 is 0 Å². The molecule has 0 spiro atoms. The number of fused-ring (bicyclic) bond motifs is 2. The SMILES string of the molecule is CCNc1cncc(NC2CC3CCC2C3)c1. The van der Waals surface area contributed by atoms with Crippen LogP contribution in [0.25, 0.3) is 0 Å². The third-order valence-electron chi connectivity index (χ3n) is 4.21. The molecular formula is C14H21N3. The first-order chi connectivity index (χ1) is 8.35. The third kappa shape index (κ3) is 2.24. The van der Waals surface area contributed by atoms with E-state index in [0.29, 0.717) is 6.04 Å². The molecule has 2 aliphatic rings. The highest BCUT2D eigenvalue weighted by Crippen LogP contribution is 2.45. The van der Waals surface area contributed by atoms with Crippen molar-refractivity contribution in [2.75, 3.05) is 17.2 Å². The normalized spacial score (nSPS) is 30.5. The van der Waals surface area contributed by atoms with Crippen molar-refractivity contribution >= 4 is 11.4 Å². The highest BCUT2D eigenvalue weighted by Gasteiger charge is 2.39. The van der Waals surface area contributed by atoms with Gasteiger partial charge in [-0.2, -0.15) is 0 Å². The van der Waals surface area contributed by atoms with Crippen LogP contribution in [0.5, 0.6) is 0 Å². The van der Waals surface area contributed by atoms with Gasteiger partial charge in [-0.15, -0.1) is 0 Å². The summed E-state index contributed by atoms with van der Waals surface area (Å²) in [5.74, 6) is 1.89. The second kappa shape index (κ2) is 4.55. The van der Waals surface area contributed by atoms with Gasteiger partial charge in [0.25, 0.3) is 0 Å². The molecule has 3 unspecified atom stereocenters. The molecule has 0 aromatic carbocycles. The summed E-state index contributed by atoms with van der Waals surface area (Å²) in [5.41, 5.74) is 2.28. The zero-order chi connectivity index (χ0) is 11.7. The van der Waals surface area contributed by atoms with E-state index in [1.807, 2.05) is 12.4 Å². The molecule has 2 fully saturated rings. The van der Waals surface area contributed by atoms with Gasteiger partial charge in [-0.1, -0.05) is 6.42 Å². The predicted octanol–water partition coefficient (Wildman–Crippen LogP) is 3.11. The molecule has 0 saturated heterocycles. The number of nitrogens with one attached hydrogen (secondary N) is 2. The molecule has 3 nitrogen and oxygen atoms in total. The monoisotopic (exact) mass is 231 g/mol. The molecule has 1 aromatic rings. The summed E-state index contributed by atoms with van der Waals surface area (Å²) < 4.78 is 0. The van der Waals surface area contributed by atoms with E-state index in [-0.39, 0.29) is 0 Å². The zero-order valence-corrected chi connectivity index (χ0v) is 10.4. The Labute approximate surface area is 103 Å². The van der Waals surface area contributed by atoms with Gasteiger partial charge in [-0.05, 0) is 44.1 Å². The molecule has 0 amide bonds. The molecule has 17 heavy (non-hydrogen) atoms. The average molecular weight is 231 g/mol. The number of hydrogen-bond donors (Lipinski definition) is 2. The van der Waals surface area contributed by atoms with E-state index in [4.69, 9.17) is 0 Å². The lowest BCUT2D eigenvalue weighted by Crippen LogP contribution is -2.25. The maximum Gasteiger partial charge on any atom is 0.0549 e. The Hall–Kier alpha value is -1.25. The lowest BCUT2D eigenvalue weighted by molar-refractivity contribution is 0.439. The summed E-state index contributed by atoms with van der Waals surface area (Å²) in [4.78, 5) is 4.28. The van der Waals surface area contributed by atoms with Crippen LogP contribution in [-0.4, -0.2) is 17.6 Å². The van der Waals surface area contributed by atoms with Crippen LogP contribution in [0.2, 0.25) is 0 Å². The minimum atomic E-state index is 0.687. The Morgan fingerprint density at radius 1 is 1.24 bits per heavy atom. The van der Waals surface area contributed by atoms with E-state index in [1.165, 1.54) is 31.4 Å². The molecule has 0 aliphatic heterocycles. The molecule has 3 heteroatoms. The Balaban J connectivity index is 1.66. The molecule has 0 radical (unpaired) electrons. The largest absolute Gasteiger partial charge is 0.384 e. The van der Waals surface area contributed by atoms with Gasteiger partial charge < -0.3 is 10.6 Å². The molecule has 2 saturated carbocycles. The van der Waals surface area contributed by atoms with Gasteiger partial charge in [0.1, 0.15) is 0 Å². The number of nitrogens with zero attached hydrogens (tertiary/aromatic N) is 1. The van der Waals surface area contributed by atoms with Crippen LogP contribution < -0.4 is 10.6 Å². The summed E-state index contributed by atoms with van der Waals surface area (Å²) in [7, 11) is 0. The molecule has 1 aromatic heterocycles. The Kier molecular flexibility index (Phi) is 2.91. The van der Waals surface area contributed by atoms with Crippen molar-refractivity contribution < 1.29 is 0 Å². The first-order valence-corrected chi connectivity index (χ1v) is 6.80. The summed E-state index contributed by atoms with van der Waals surface area (Å²) >= 11 is 0. The van der Waals surface area contributed by atoms with Crippen molar-refractivity contribution in [3.05, 3.63) is 18.5 Å². The van der Waals surface area contributed by atoms with E-state index in [2.05, 4.69) is 28.6 Å². The quantitative estimate of drug-likeness (QED) is 0.836. The Bertz CT molecular complexity index is 391. The smallest absolute Gasteiger partial charge is 0.0549 e. The minimum absolute atomic E-state index is 0.687. The Morgan fingerprint density at radius 3 is 2.82 bits per heavy atom. The number of anilines is 2. The molecule has 2 aliphatic carbocycles. The van der Waals surface area contributed by atoms with Gasteiger partial charge in [0.15, 0.2) is 0 Å². The lowest BCUT2D eigenvalue weighted by atomic mass is 9.95. The molecule has 1 heterocycles. The van der Waals surface area contributed by atoms with Crippen molar-refractivity contribution in [1.29, 1.82) is 0 Å². The van der Waals surface area contributed by atoms with E-state index < -0.39 is 0 Å². The summed E-state index contributed by atoms with van der Waals surface area (Å²) in [6.07, 6.45) is 9.50. The van der Waals surface area contributed by atoms with E-state index in [1.54, 1.807) is 0 Å². The first kappa shape index (κ1) is 10.9. The second-order valence-electron chi connectivity index (χ2n) is 5.42. The lowest BCUT2D eigenvalue weighted by Gasteiger charge is -2.24. The molecule has 3 atom stereocenters. The summed E-state index contributed by atoms with van der Waals surface area (Å²) in [6, 6.07) is 2.86. The van der Waals surface area contributed by atoms with E-state index in [0.717, 1.165) is 24.1 Å². The van der Waals surface area contributed by atoms with Crippen LogP contribution in [0.1, 0.15) is 32.6 Å². The number of pyridine rings is 1. The maximum absolute atomic E-state index is 4.28. The maximum atomic E-state index is 4.28. The van der Waals surface area contributed by atoms with E-state index in [9.17, 15) is 0 Å². The third-order valence-corrected chi connectivity index (χ3v) is 4.21. The highest BCUT2D eigenvalue weighted by molar-refractivity contribution is 5.54. The molecule has 2 N–H and O–H groups in total. The van der Waals surface area contributed by atoms with Crippen molar-refractivity contribution in [2.24, 2.45) is 11.8 Å². The number of aromatic nitrogens is 1. The van der Waals surface area contributed by atoms with Crippen molar-refractivity contribution in [3.8, 4) is 0 Å². The van der Waals surface area contributed by atoms with Gasteiger partial charge in [0.2, 0.25) is 0 Å². The first-order valence-electron chi connectivity index (χ1n) is 6.80. The highest BCUT2D eigenvalue weighted by atomic mass is 15.0.